The highest BCUT2D eigenvalue weighted by molar-refractivity contribution is 6.35. The minimum absolute atomic E-state index is 0.0406. The van der Waals surface area contributed by atoms with Crippen LogP contribution in [0.2, 0.25) is 5.02 Å². The number of benzene rings is 1. The Bertz CT molecular complexity index is 970. The van der Waals surface area contributed by atoms with E-state index in [4.69, 9.17) is 11.6 Å². The van der Waals surface area contributed by atoms with Crippen molar-refractivity contribution in [2.45, 2.75) is 13.1 Å². The van der Waals surface area contributed by atoms with Gasteiger partial charge in [0, 0.05) is 11.6 Å². The van der Waals surface area contributed by atoms with Gasteiger partial charge in [-0.1, -0.05) is 11.6 Å². The van der Waals surface area contributed by atoms with Crippen molar-refractivity contribution in [1.82, 2.24) is 9.97 Å². The second kappa shape index (κ2) is 6.33. The molecule has 0 fully saturated rings. The molecule has 3 rings (SSSR count). The predicted octanol–water partition coefficient (Wildman–Crippen LogP) is 5.69. The molecule has 8 heteroatoms. The van der Waals surface area contributed by atoms with Crippen LogP contribution in [0.4, 0.5) is 30.5 Å². The molecule has 2 aromatic heterocycles. The van der Waals surface area contributed by atoms with Gasteiger partial charge in [-0.3, -0.25) is 4.99 Å². The number of aromatic nitrogens is 2. The lowest BCUT2D eigenvalue weighted by molar-refractivity contribution is -0.137. The Hall–Kier alpha value is -2.67. The highest BCUT2D eigenvalue weighted by Gasteiger charge is 2.30. The standard InChI is InChI=1S/C17H12ClF3N4/c1-9-7-11-13(22-2)4-3-12(18)15(11)25-16(9)24-14-8-10(5-6-23-14)17(19,20)21/h3-8H,2H2,1H3,(H,23,24,25). The fraction of sp³-hybridized carbons (Fsp3) is 0.118. The Morgan fingerprint density at radius 2 is 1.96 bits per heavy atom. The van der Waals surface area contributed by atoms with Crippen LogP contribution in [0.3, 0.4) is 0 Å². The number of nitrogens with one attached hydrogen (secondary N) is 1. The quantitative estimate of drug-likeness (QED) is 0.608. The summed E-state index contributed by atoms with van der Waals surface area (Å²) >= 11 is 6.18. The first kappa shape index (κ1) is 17.2. The molecule has 0 amide bonds. The van der Waals surface area contributed by atoms with E-state index in [9.17, 15) is 13.2 Å². The monoisotopic (exact) mass is 364 g/mol. The molecule has 0 saturated heterocycles. The van der Waals surface area contributed by atoms with E-state index in [2.05, 4.69) is 27.0 Å². The van der Waals surface area contributed by atoms with Crippen molar-refractivity contribution < 1.29 is 13.2 Å². The molecule has 0 aliphatic heterocycles. The predicted molar refractivity (Wildman–Crippen MR) is 93.2 cm³/mol. The molecular weight excluding hydrogens is 353 g/mol. The van der Waals surface area contributed by atoms with Gasteiger partial charge in [0.15, 0.2) is 0 Å². The summed E-state index contributed by atoms with van der Waals surface area (Å²) in [5.74, 6) is 0.404. The van der Waals surface area contributed by atoms with E-state index >= 15 is 0 Å². The van der Waals surface area contributed by atoms with Crippen molar-refractivity contribution in [2.24, 2.45) is 4.99 Å². The molecule has 4 nitrogen and oxygen atoms in total. The fourth-order valence-corrected chi connectivity index (χ4v) is 2.58. The van der Waals surface area contributed by atoms with Crippen LogP contribution in [0, 0.1) is 6.92 Å². The van der Waals surface area contributed by atoms with Crippen molar-refractivity contribution in [1.29, 1.82) is 0 Å². The topological polar surface area (TPSA) is 50.2 Å². The number of hydrogen-bond acceptors (Lipinski definition) is 4. The zero-order valence-corrected chi connectivity index (χ0v) is 13.8. The number of halogens is 4. The Morgan fingerprint density at radius 1 is 1.20 bits per heavy atom. The molecule has 0 unspecified atom stereocenters. The molecule has 0 saturated carbocycles. The molecular formula is C17H12ClF3N4. The lowest BCUT2D eigenvalue weighted by atomic mass is 10.1. The Balaban J connectivity index is 2.07. The number of rotatable bonds is 3. The van der Waals surface area contributed by atoms with Crippen LogP contribution in [0.5, 0.6) is 0 Å². The van der Waals surface area contributed by atoms with Crippen molar-refractivity contribution in [3.63, 3.8) is 0 Å². The summed E-state index contributed by atoms with van der Waals surface area (Å²) < 4.78 is 38.5. The van der Waals surface area contributed by atoms with Gasteiger partial charge >= 0.3 is 6.18 Å². The van der Waals surface area contributed by atoms with E-state index < -0.39 is 11.7 Å². The first-order valence-corrected chi connectivity index (χ1v) is 7.54. The zero-order valence-electron chi connectivity index (χ0n) is 13.0. The van der Waals surface area contributed by atoms with Crippen molar-refractivity contribution >= 4 is 46.5 Å². The number of hydrogen-bond donors (Lipinski definition) is 1. The van der Waals surface area contributed by atoms with Crippen LogP contribution in [0.15, 0.2) is 41.5 Å². The number of anilines is 2. The second-order valence-electron chi connectivity index (χ2n) is 5.33. The Kier molecular flexibility index (Phi) is 4.34. The number of aryl methyl sites for hydroxylation is 1. The third kappa shape index (κ3) is 3.41. The molecule has 25 heavy (non-hydrogen) atoms. The van der Waals surface area contributed by atoms with Gasteiger partial charge in [0.05, 0.1) is 21.8 Å². The molecule has 0 spiro atoms. The minimum Gasteiger partial charge on any atom is -0.325 e. The summed E-state index contributed by atoms with van der Waals surface area (Å²) in [5.41, 5.74) is 1.02. The molecule has 0 radical (unpaired) electrons. The van der Waals surface area contributed by atoms with Gasteiger partial charge in [-0.2, -0.15) is 13.2 Å². The zero-order chi connectivity index (χ0) is 18.2. The molecule has 1 aromatic carbocycles. The Labute approximate surface area is 146 Å². The highest BCUT2D eigenvalue weighted by atomic mass is 35.5. The SMILES string of the molecule is C=Nc1ccc(Cl)c2nc(Nc3cc(C(F)(F)F)ccn3)c(C)cc12. The van der Waals surface area contributed by atoms with Gasteiger partial charge in [0.1, 0.15) is 11.6 Å². The van der Waals surface area contributed by atoms with Crippen LogP contribution < -0.4 is 5.32 Å². The lowest BCUT2D eigenvalue weighted by Gasteiger charge is -2.13. The summed E-state index contributed by atoms with van der Waals surface area (Å²) in [6.07, 6.45) is -3.35. The van der Waals surface area contributed by atoms with Crippen LogP contribution in [-0.4, -0.2) is 16.7 Å². The van der Waals surface area contributed by atoms with Gasteiger partial charge in [-0.25, -0.2) is 9.97 Å². The molecule has 3 aromatic rings. The van der Waals surface area contributed by atoms with Gasteiger partial charge in [-0.05, 0) is 49.5 Å². The number of fused-ring (bicyclic) bond motifs is 1. The van der Waals surface area contributed by atoms with Crippen LogP contribution in [0.25, 0.3) is 10.9 Å². The van der Waals surface area contributed by atoms with E-state index in [0.29, 0.717) is 33.0 Å². The summed E-state index contributed by atoms with van der Waals surface area (Å²) in [7, 11) is 0. The second-order valence-corrected chi connectivity index (χ2v) is 5.73. The van der Waals surface area contributed by atoms with E-state index in [1.807, 2.05) is 0 Å². The first-order chi connectivity index (χ1) is 11.8. The summed E-state index contributed by atoms with van der Waals surface area (Å²) in [6, 6.07) is 7.00. The molecule has 0 aliphatic rings. The average molecular weight is 365 g/mol. The molecule has 0 atom stereocenters. The third-order valence-electron chi connectivity index (χ3n) is 3.61. The fourth-order valence-electron chi connectivity index (χ4n) is 2.37. The van der Waals surface area contributed by atoms with Gasteiger partial charge in [0.25, 0.3) is 0 Å². The maximum absolute atomic E-state index is 12.8. The van der Waals surface area contributed by atoms with E-state index in [0.717, 1.165) is 18.3 Å². The van der Waals surface area contributed by atoms with E-state index in [1.165, 1.54) is 0 Å². The molecule has 1 N–H and O–H groups in total. The van der Waals surface area contributed by atoms with Crippen LogP contribution in [-0.2, 0) is 6.18 Å². The molecule has 0 bridgehead atoms. The normalized spacial score (nSPS) is 11.6. The summed E-state index contributed by atoms with van der Waals surface area (Å²) in [4.78, 5) is 12.3. The molecule has 0 aliphatic carbocycles. The number of nitrogens with zero attached hydrogens (tertiary/aromatic N) is 3. The highest BCUT2D eigenvalue weighted by Crippen LogP contribution is 2.34. The van der Waals surface area contributed by atoms with Crippen LogP contribution in [0.1, 0.15) is 11.1 Å². The van der Waals surface area contributed by atoms with Crippen molar-refractivity contribution in [2.75, 3.05) is 5.32 Å². The summed E-state index contributed by atoms with van der Waals surface area (Å²) in [6.45, 7) is 5.28. The van der Waals surface area contributed by atoms with E-state index in [-0.39, 0.29) is 5.82 Å². The van der Waals surface area contributed by atoms with Gasteiger partial charge in [-0.15, -0.1) is 0 Å². The van der Waals surface area contributed by atoms with Crippen molar-refractivity contribution in [3.05, 3.63) is 52.7 Å². The van der Waals surface area contributed by atoms with Crippen LogP contribution >= 0.6 is 11.6 Å². The maximum Gasteiger partial charge on any atom is 0.416 e. The average Bonchev–Trinajstić information content (AvgIpc) is 2.56. The Morgan fingerprint density at radius 3 is 2.64 bits per heavy atom. The largest absolute Gasteiger partial charge is 0.416 e. The lowest BCUT2D eigenvalue weighted by Crippen LogP contribution is -2.07. The van der Waals surface area contributed by atoms with Crippen molar-refractivity contribution in [3.8, 4) is 0 Å². The third-order valence-corrected chi connectivity index (χ3v) is 3.91. The number of pyridine rings is 2. The number of alkyl halides is 3. The van der Waals surface area contributed by atoms with Gasteiger partial charge in [0.2, 0.25) is 0 Å². The molecule has 2 heterocycles. The molecule has 128 valence electrons. The smallest absolute Gasteiger partial charge is 0.325 e. The maximum atomic E-state index is 12.8. The first-order valence-electron chi connectivity index (χ1n) is 7.16. The van der Waals surface area contributed by atoms with Gasteiger partial charge < -0.3 is 5.32 Å². The number of aliphatic imine (C=N–C) groups is 1. The minimum atomic E-state index is -4.45. The summed E-state index contributed by atoms with van der Waals surface area (Å²) in [5, 5.41) is 3.93. The van der Waals surface area contributed by atoms with E-state index in [1.54, 1.807) is 25.1 Å².